The van der Waals surface area contributed by atoms with Crippen LogP contribution in [0.1, 0.15) is 65.7 Å². The van der Waals surface area contributed by atoms with E-state index >= 15 is 0 Å². The predicted octanol–water partition coefficient (Wildman–Crippen LogP) is 3.09. The van der Waals surface area contributed by atoms with Crippen LogP contribution in [0, 0.1) is 5.92 Å². The minimum absolute atomic E-state index is 0.290. The summed E-state index contributed by atoms with van der Waals surface area (Å²) in [6, 6.07) is 0.838. The highest BCUT2D eigenvalue weighted by molar-refractivity contribution is 5.01. The summed E-state index contributed by atoms with van der Waals surface area (Å²) < 4.78 is 0. The average Bonchev–Trinajstić information content (AvgIpc) is 3.28. The molecule has 1 heterocycles. The molecule has 124 valence electrons. The maximum Gasteiger partial charge on any atom is 0.0347 e. The van der Waals surface area contributed by atoms with Crippen molar-refractivity contribution >= 4 is 0 Å². The monoisotopic (exact) mass is 295 g/mol. The third-order valence-electron chi connectivity index (χ3n) is 5.47. The quantitative estimate of drug-likeness (QED) is 0.747. The second-order valence-corrected chi connectivity index (χ2v) is 7.73. The highest BCUT2D eigenvalue weighted by Crippen LogP contribution is 2.38. The molecule has 1 aliphatic carbocycles. The molecule has 2 rings (SSSR count). The van der Waals surface area contributed by atoms with Gasteiger partial charge in [0.25, 0.3) is 0 Å². The summed E-state index contributed by atoms with van der Waals surface area (Å²) in [7, 11) is 0. The van der Waals surface area contributed by atoms with Crippen LogP contribution in [0.2, 0.25) is 0 Å². The first-order valence-electron chi connectivity index (χ1n) is 9.30. The molecule has 3 nitrogen and oxygen atoms in total. The van der Waals surface area contributed by atoms with Crippen LogP contribution in [0.15, 0.2) is 0 Å². The zero-order valence-electron chi connectivity index (χ0n) is 14.6. The van der Waals surface area contributed by atoms with Gasteiger partial charge >= 0.3 is 0 Å². The molecule has 1 saturated carbocycles. The first-order chi connectivity index (χ1) is 10.1. The Morgan fingerprint density at radius 2 is 2.00 bits per heavy atom. The van der Waals surface area contributed by atoms with Crippen molar-refractivity contribution in [2.75, 3.05) is 32.7 Å². The molecule has 21 heavy (non-hydrogen) atoms. The van der Waals surface area contributed by atoms with Gasteiger partial charge in [0.2, 0.25) is 0 Å². The number of hydrogen-bond donors (Lipinski definition) is 1. The fraction of sp³-hybridized carbons (Fsp3) is 1.00. The molecule has 0 aromatic carbocycles. The Morgan fingerprint density at radius 1 is 1.24 bits per heavy atom. The van der Waals surface area contributed by atoms with Gasteiger partial charge in [-0.3, -0.25) is 4.90 Å². The van der Waals surface area contributed by atoms with Crippen molar-refractivity contribution in [1.29, 1.82) is 0 Å². The van der Waals surface area contributed by atoms with Crippen molar-refractivity contribution in [2.24, 2.45) is 11.7 Å². The average molecular weight is 296 g/mol. The lowest BCUT2D eigenvalue weighted by molar-refractivity contribution is 0.0644. The lowest BCUT2D eigenvalue weighted by atomic mass is 9.87. The maximum atomic E-state index is 6.34. The van der Waals surface area contributed by atoms with E-state index in [1.807, 2.05) is 0 Å². The number of hydrogen-bond acceptors (Lipinski definition) is 3. The maximum absolute atomic E-state index is 6.34. The van der Waals surface area contributed by atoms with Crippen LogP contribution in [0.4, 0.5) is 0 Å². The minimum Gasteiger partial charge on any atom is -0.329 e. The molecular weight excluding hydrogens is 258 g/mol. The van der Waals surface area contributed by atoms with Crippen molar-refractivity contribution in [3.63, 3.8) is 0 Å². The van der Waals surface area contributed by atoms with Gasteiger partial charge in [0.15, 0.2) is 0 Å². The van der Waals surface area contributed by atoms with Crippen LogP contribution in [0.3, 0.4) is 0 Å². The van der Waals surface area contributed by atoms with Crippen LogP contribution in [0.5, 0.6) is 0 Å². The summed E-state index contributed by atoms with van der Waals surface area (Å²) in [5, 5.41) is 0. The van der Waals surface area contributed by atoms with Crippen molar-refractivity contribution in [1.82, 2.24) is 9.80 Å². The normalized spacial score (nSPS) is 28.3. The van der Waals surface area contributed by atoms with Gasteiger partial charge in [0, 0.05) is 18.1 Å². The SMILES string of the molecule is CCCN1CCCC(CN)(N(CCC(C)C)C2CC2)CC1. The van der Waals surface area contributed by atoms with Crippen LogP contribution in [-0.2, 0) is 0 Å². The minimum atomic E-state index is 0.290. The molecule has 2 aliphatic rings. The zero-order valence-corrected chi connectivity index (χ0v) is 14.6. The highest BCUT2D eigenvalue weighted by atomic mass is 15.3. The smallest absolute Gasteiger partial charge is 0.0347 e. The molecule has 2 fully saturated rings. The van der Waals surface area contributed by atoms with Crippen LogP contribution < -0.4 is 5.73 Å². The molecule has 2 N–H and O–H groups in total. The number of nitrogens with two attached hydrogens (primary N) is 1. The van der Waals surface area contributed by atoms with Crippen LogP contribution in [0.25, 0.3) is 0 Å². The van der Waals surface area contributed by atoms with Crippen molar-refractivity contribution in [3.8, 4) is 0 Å². The molecule has 1 aliphatic heterocycles. The molecule has 0 aromatic rings. The third-order valence-corrected chi connectivity index (χ3v) is 5.47. The van der Waals surface area contributed by atoms with Crippen molar-refractivity contribution < 1.29 is 0 Å². The number of likely N-dealkylation sites (tertiary alicyclic amines) is 1. The predicted molar refractivity (Wildman–Crippen MR) is 91.6 cm³/mol. The molecular formula is C18H37N3. The van der Waals surface area contributed by atoms with Gasteiger partial charge in [0.05, 0.1) is 0 Å². The van der Waals surface area contributed by atoms with Gasteiger partial charge in [-0.1, -0.05) is 20.8 Å². The summed E-state index contributed by atoms with van der Waals surface area (Å²) in [5.74, 6) is 0.795. The second-order valence-electron chi connectivity index (χ2n) is 7.73. The van der Waals surface area contributed by atoms with E-state index in [-0.39, 0.29) is 0 Å². The first-order valence-corrected chi connectivity index (χ1v) is 9.30. The summed E-state index contributed by atoms with van der Waals surface area (Å²) in [6.45, 7) is 12.9. The van der Waals surface area contributed by atoms with Crippen LogP contribution in [-0.4, -0.2) is 54.1 Å². The number of rotatable bonds is 8. The van der Waals surface area contributed by atoms with E-state index in [9.17, 15) is 0 Å². The summed E-state index contributed by atoms with van der Waals surface area (Å²) >= 11 is 0. The zero-order chi connectivity index (χ0) is 15.3. The van der Waals surface area contributed by atoms with Crippen molar-refractivity contribution in [2.45, 2.75) is 77.3 Å². The molecule has 0 bridgehead atoms. The Balaban J connectivity index is 2.02. The van der Waals surface area contributed by atoms with Gasteiger partial charge in [-0.2, -0.15) is 0 Å². The third kappa shape index (κ3) is 4.67. The van der Waals surface area contributed by atoms with Crippen molar-refractivity contribution in [3.05, 3.63) is 0 Å². The lowest BCUT2D eigenvalue weighted by Crippen LogP contribution is -2.55. The molecule has 0 amide bonds. The Bertz CT molecular complexity index is 301. The topological polar surface area (TPSA) is 32.5 Å². The van der Waals surface area contributed by atoms with Gasteiger partial charge in [-0.05, 0) is 77.0 Å². The van der Waals surface area contributed by atoms with Gasteiger partial charge in [-0.25, -0.2) is 0 Å². The molecule has 1 atom stereocenters. The van der Waals surface area contributed by atoms with Gasteiger partial charge in [0.1, 0.15) is 0 Å². The van der Waals surface area contributed by atoms with Gasteiger partial charge < -0.3 is 10.6 Å². The second kappa shape index (κ2) is 7.94. The molecule has 0 radical (unpaired) electrons. The van der Waals surface area contributed by atoms with E-state index in [1.54, 1.807) is 0 Å². The fourth-order valence-corrected chi connectivity index (χ4v) is 3.97. The Kier molecular flexibility index (Phi) is 6.51. The first kappa shape index (κ1) is 17.2. The molecule has 0 spiro atoms. The Morgan fingerprint density at radius 3 is 2.57 bits per heavy atom. The van der Waals surface area contributed by atoms with E-state index in [0.29, 0.717) is 5.54 Å². The lowest BCUT2D eigenvalue weighted by Gasteiger charge is -2.44. The molecule has 0 aromatic heterocycles. The van der Waals surface area contributed by atoms with Gasteiger partial charge in [-0.15, -0.1) is 0 Å². The summed E-state index contributed by atoms with van der Waals surface area (Å²) in [6.07, 6.45) is 9.29. The van der Waals surface area contributed by atoms with E-state index in [1.165, 1.54) is 71.1 Å². The molecule has 1 unspecified atom stereocenters. The Hall–Kier alpha value is -0.120. The van der Waals surface area contributed by atoms with E-state index in [0.717, 1.165) is 18.5 Å². The fourth-order valence-electron chi connectivity index (χ4n) is 3.97. The standard InChI is InChI=1S/C18H37N3/c1-4-11-20-12-5-9-18(15-19,10-14-20)21(17-6-7-17)13-8-16(2)3/h16-17H,4-15,19H2,1-3H3. The van der Waals surface area contributed by atoms with E-state index in [4.69, 9.17) is 5.73 Å². The molecule has 3 heteroatoms. The Labute approximate surface area is 132 Å². The summed E-state index contributed by atoms with van der Waals surface area (Å²) in [4.78, 5) is 5.49. The highest BCUT2D eigenvalue weighted by Gasteiger charge is 2.43. The molecule has 1 saturated heterocycles. The summed E-state index contributed by atoms with van der Waals surface area (Å²) in [5.41, 5.74) is 6.63. The van der Waals surface area contributed by atoms with E-state index in [2.05, 4.69) is 30.6 Å². The van der Waals surface area contributed by atoms with Crippen LogP contribution >= 0.6 is 0 Å². The number of nitrogens with zero attached hydrogens (tertiary/aromatic N) is 2. The van der Waals surface area contributed by atoms with E-state index < -0.39 is 0 Å². The largest absolute Gasteiger partial charge is 0.329 e.